The van der Waals surface area contributed by atoms with Crippen molar-refractivity contribution in [1.29, 1.82) is 0 Å². The number of methoxy groups -OCH3 is 2. The van der Waals surface area contributed by atoms with E-state index in [0.29, 0.717) is 30.2 Å². The maximum atomic E-state index is 12.0. The lowest BCUT2D eigenvalue weighted by Crippen LogP contribution is -2.23. The minimum Gasteiger partial charge on any atom is -0.493 e. The van der Waals surface area contributed by atoms with Crippen LogP contribution in [0.25, 0.3) is 6.08 Å². The third-order valence-electron chi connectivity index (χ3n) is 3.98. The second-order valence-electron chi connectivity index (χ2n) is 5.68. The van der Waals surface area contributed by atoms with Crippen molar-refractivity contribution in [2.75, 3.05) is 27.6 Å². The van der Waals surface area contributed by atoms with Crippen LogP contribution in [0.5, 0.6) is 23.0 Å². The van der Waals surface area contributed by atoms with Crippen molar-refractivity contribution in [3.63, 3.8) is 0 Å². The van der Waals surface area contributed by atoms with Crippen LogP contribution in [0.2, 0.25) is 0 Å². The van der Waals surface area contributed by atoms with Crippen LogP contribution in [0, 0.1) is 0 Å². The van der Waals surface area contributed by atoms with Crippen molar-refractivity contribution in [2.45, 2.75) is 6.42 Å². The largest absolute Gasteiger partial charge is 0.493 e. The summed E-state index contributed by atoms with van der Waals surface area (Å²) in [6, 6.07) is 11.3. The molecule has 1 amide bonds. The Kier molecular flexibility index (Phi) is 5.63. The Balaban J connectivity index is 1.50. The quantitative estimate of drug-likeness (QED) is 0.774. The highest BCUT2D eigenvalue weighted by Crippen LogP contribution is 2.32. The van der Waals surface area contributed by atoms with E-state index in [-0.39, 0.29) is 12.7 Å². The number of benzene rings is 2. The van der Waals surface area contributed by atoms with Gasteiger partial charge >= 0.3 is 0 Å². The molecule has 26 heavy (non-hydrogen) atoms. The fourth-order valence-corrected chi connectivity index (χ4v) is 2.61. The fraction of sp³-hybridized carbons (Fsp3) is 0.250. The van der Waals surface area contributed by atoms with Gasteiger partial charge in [0.1, 0.15) is 0 Å². The standard InChI is InChI=1S/C20H21NO5/c1-23-16-6-3-15(11-18(16)24-2)9-10-21-20(22)8-5-14-4-7-17-19(12-14)26-13-25-17/h3-8,11-12H,9-10,13H2,1-2H3,(H,21,22)/b8-5+. The zero-order chi connectivity index (χ0) is 18.4. The molecule has 1 aliphatic heterocycles. The van der Waals surface area contributed by atoms with Gasteiger partial charge in [-0.2, -0.15) is 0 Å². The summed E-state index contributed by atoms with van der Waals surface area (Å²) in [7, 11) is 3.20. The topological polar surface area (TPSA) is 66.0 Å². The van der Waals surface area contributed by atoms with Crippen LogP contribution in [-0.2, 0) is 11.2 Å². The Morgan fingerprint density at radius 3 is 2.69 bits per heavy atom. The third-order valence-corrected chi connectivity index (χ3v) is 3.98. The third kappa shape index (κ3) is 4.27. The first kappa shape index (κ1) is 17.7. The highest BCUT2D eigenvalue weighted by molar-refractivity contribution is 5.91. The Bertz CT molecular complexity index is 816. The average molecular weight is 355 g/mol. The number of hydrogen-bond acceptors (Lipinski definition) is 5. The Morgan fingerprint density at radius 2 is 1.88 bits per heavy atom. The van der Waals surface area contributed by atoms with Crippen molar-refractivity contribution >= 4 is 12.0 Å². The number of hydrogen-bond donors (Lipinski definition) is 1. The molecule has 0 atom stereocenters. The molecule has 6 nitrogen and oxygen atoms in total. The Morgan fingerprint density at radius 1 is 1.08 bits per heavy atom. The van der Waals surface area contributed by atoms with Crippen LogP contribution in [0.3, 0.4) is 0 Å². The molecule has 0 unspecified atom stereocenters. The second kappa shape index (κ2) is 8.29. The summed E-state index contributed by atoms with van der Waals surface area (Å²) in [6.07, 6.45) is 3.95. The molecule has 0 saturated heterocycles. The van der Waals surface area contributed by atoms with Gasteiger partial charge in [0.2, 0.25) is 12.7 Å². The predicted octanol–water partition coefficient (Wildman–Crippen LogP) is 2.80. The van der Waals surface area contributed by atoms with Crippen molar-refractivity contribution in [1.82, 2.24) is 5.32 Å². The minimum atomic E-state index is -0.150. The van der Waals surface area contributed by atoms with Gasteiger partial charge < -0.3 is 24.3 Å². The molecular formula is C20H21NO5. The molecule has 3 rings (SSSR count). The van der Waals surface area contributed by atoms with Crippen LogP contribution in [0.4, 0.5) is 0 Å². The van der Waals surface area contributed by atoms with Gasteiger partial charge in [0, 0.05) is 12.6 Å². The highest BCUT2D eigenvalue weighted by Gasteiger charge is 2.12. The predicted molar refractivity (Wildman–Crippen MR) is 97.9 cm³/mol. The maximum Gasteiger partial charge on any atom is 0.244 e. The first-order valence-corrected chi connectivity index (χ1v) is 8.26. The van der Waals surface area contributed by atoms with Gasteiger partial charge in [-0.25, -0.2) is 0 Å². The Hall–Kier alpha value is -3.15. The molecule has 1 aliphatic rings. The summed E-state index contributed by atoms with van der Waals surface area (Å²) in [4.78, 5) is 12.0. The summed E-state index contributed by atoms with van der Waals surface area (Å²) < 4.78 is 21.1. The molecule has 0 spiro atoms. The van der Waals surface area contributed by atoms with Crippen LogP contribution >= 0.6 is 0 Å². The number of fused-ring (bicyclic) bond motifs is 1. The second-order valence-corrected chi connectivity index (χ2v) is 5.68. The highest BCUT2D eigenvalue weighted by atomic mass is 16.7. The number of carbonyl (C=O) groups excluding carboxylic acids is 1. The van der Waals surface area contributed by atoms with E-state index in [1.165, 1.54) is 6.08 Å². The van der Waals surface area contributed by atoms with Crippen LogP contribution in [0.1, 0.15) is 11.1 Å². The van der Waals surface area contributed by atoms with Crippen molar-refractivity contribution < 1.29 is 23.7 Å². The summed E-state index contributed by atoms with van der Waals surface area (Å²) in [5.41, 5.74) is 1.94. The smallest absolute Gasteiger partial charge is 0.244 e. The maximum absolute atomic E-state index is 12.0. The van der Waals surface area contributed by atoms with E-state index in [1.807, 2.05) is 36.4 Å². The van der Waals surface area contributed by atoms with E-state index < -0.39 is 0 Å². The molecule has 0 aromatic heterocycles. The molecule has 6 heteroatoms. The molecule has 0 bridgehead atoms. The van der Waals surface area contributed by atoms with Crippen LogP contribution in [-0.4, -0.2) is 33.5 Å². The molecule has 0 aliphatic carbocycles. The lowest BCUT2D eigenvalue weighted by atomic mass is 10.1. The minimum absolute atomic E-state index is 0.150. The fourth-order valence-electron chi connectivity index (χ4n) is 2.61. The summed E-state index contributed by atoms with van der Waals surface area (Å²) in [6.45, 7) is 0.763. The van der Waals surface area contributed by atoms with E-state index in [1.54, 1.807) is 20.3 Å². The molecule has 0 saturated carbocycles. The number of carbonyl (C=O) groups is 1. The van der Waals surface area contributed by atoms with Crippen molar-refractivity contribution in [3.8, 4) is 23.0 Å². The molecule has 0 fully saturated rings. The zero-order valence-corrected chi connectivity index (χ0v) is 14.8. The normalized spacial score (nSPS) is 12.2. The lowest BCUT2D eigenvalue weighted by molar-refractivity contribution is -0.116. The molecule has 0 radical (unpaired) electrons. The van der Waals surface area contributed by atoms with Gasteiger partial charge in [0.15, 0.2) is 23.0 Å². The number of ether oxygens (including phenoxy) is 4. The summed E-state index contributed by atoms with van der Waals surface area (Å²) in [5.74, 6) is 2.64. The van der Waals surface area contributed by atoms with Gasteiger partial charge in [0.05, 0.1) is 14.2 Å². The van der Waals surface area contributed by atoms with Crippen molar-refractivity contribution in [3.05, 3.63) is 53.6 Å². The zero-order valence-electron chi connectivity index (χ0n) is 14.8. The van der Waals surface area contributed by atoms with Crippen LogP contribution in [0.15, 0.2) is 42.5 Å². The van der Waals surface area contributed by atoms with E-state index >= 15 is 0 Å². The lowest BCUT2D eigenvalue weighted by Gasteiger charge is -2.09. The van der Waals surface area contributed by atoms with E-state index in [9.17, 15) is 4.79 Å². The van der Waals surface area contributed by atoms with Crippen molar-refractivity contribution in [2.24, 2.45) is 0 Å². The first-order chi connectivity index (χ1) is 12.7. The van der Waals surface area contributed by atoms with E-state index in [4.69, 9.17) is 18.9 Å². The molecular weight excluding hydrogens is 334 g/mol. The molecule has 1 heterocycles. The summed E-state index contributed by atoms with van der Waals surface area (Å²) >= 11 is 0. The average Bonchev–Trinajstić information content (AvgIpc) is 3.14. The van der Waals surface area contributed by atoms with Crippen LogP contribution < -0.4 is 24.3 Å². The SMILES string of the molecule is COc1ccc(CCNC(=O)/C=C/c2ccc3c(c2)OCO3)cc1OC. The number of amides is 1. The van der Waals surface area contributed by atoms with Gasteiger partial charge in [-0.3, -0.25) is 4.79 Å². The number of nitrogens with one attached hydrogen (secondary N) is 1. The molecule has 136 valence electrons. The van der Waals surface area contributed by atoms with E-state index in [2.05, 4.69) is 5.32 Å². The molecule has 2 aromatic carbocycles. The van der Waals surface area contributed by atoms with Gasteiger partial charge in [0.25, 0.3) is 0 Å². The van der Waals surface area contributed by atoms with Gasteiger partial charge in [-0.15, -0.1) is 0 Å². The number of rotatable bonds is 7. The van der Waals surface area contributed by atoms with E-state index in [0.717, 1.165) is 16.9 Å². The first-order valence-electron chi connectivity index (χ1n) is 8.26. The van der Waals surface area contributed by atoms with Gasteiger partial charge in [-0.05, 0) is 47.9 Å². The Labute approximate surface area is 152 Å². The molecule has 1 N–H and O–H groups in total. The summed E-state index contributed by atoms with van der Waals surface area (Å²) in [5, 5.41) is 2.87. The van der Waals surface area contributed by atoms with Gasteiger partial charge in [-0.1, -0.05) is 12.1 Å². The molecule has 2 aromatic rings. The monoisotopic (exact) mass is 355 g/mol.